The van der Waals surface area contributed by atoms with Crippen LogP contribution in [0.5, 0.6) is 0 Å². The molecule has 1 aromatic carbocycles. The largest absolute Gasteiger partial charge is 0.383 e. The third-order valence-electron chi connectivity index (χ3n) is 7.32. The summed E-state index contributed by atoms with van der Waals surface area (Å²) in [6.45, 7) is 2.14. The van der Waals surface area contributed by atoms with E-state index in [4.69, 9.17) is 4.74 Å². The van der Waals surface area contributed by atoms with Crippen molar-refractivity contribution >= 4 is 5.91 Å². The van der Waals surface area contributed by atoms with Gasteiger partial charge in [-0.3, -0.25) is 9.69 Å². The van der Waals surface area contributed by atoms with Crippen molar-refractivity contribution in [2.45, 2.75) is 88.4 Å². The molecular weight excluding hydrogens is 374 g/mol. The maximum Gasteiger partial charge on any atom is 0.237 e. The quantitative estimate of drug-likeness (QED) is 0.675. The second-order valence-electron chi connectivity index (χ2n) is 9.47. The lowest BCUT2D eigenvalue weighted by Gasteiger charge is -2.30. The molecule has 5 nitrogen and oxygen atoms in total. The number of nitrogens with one attached hydrogen (secondary N) is 2. The van der Waals surface area contributed by atoms with Gasteiger partial charge in [-0.2, -0.15) is 0 Å². The molecule has 1 saturated heterocycles. The highest BCUT2D eigenvalue weighted by Gasteiger charge is 2.42. The minimum absolute atomic E-state index is 0.0350. The van der Waals surface area contributed by atoms with Gasteiger partial charge in [-0.25, -0.2) is 0 Å². The minimum Gasteiger partial charge on any atom is -0.383 e. The molecule has 1 aromatic rings. The first-order valence-electron chi connectivity index (χ1n) is 12.1. The predicted molar refractivity (Wildman–Crippen MR) is 121 cm³/mol. The van der Waals surface area contributed by atoms with Gasteiger partial charge in [-0.1, -0.05) is 56.4 Å². The minimum atomic E-state index is -0.0350. The van der Waals surface area contributed by atoms with Crippen LogP contribution in [0.15, 0.2) is 24.3 Å². The van der Waals surface area contributed by atoms with Crippen LogP contribution in [0.25, 0.3) is 0 Å². The van der Waals surface area contributed by atoms with E-state index in [-0.39, 0.29) is 11.9 Å². The number of amides is 1. The Morgan fingerprint density at radius 1 is 1.03 bits per heavy atom. The first kappa shape index (κ1) is 21.8. The molecule has 0 unspecified atom stereocenters. The van der Waals surface area contributed by atoms with Crippen LogP contribution in [-0.2, 0) is 22.4 Å². The van der Waals surface area contributed by atoms with Crippen molar-refractivity contribution in [3.63, 3.8) is 0 Å². The fourth-order valence-corrected chi connectivity index (χ4v) is 5.76. The molecule has 1 aliphatic heterocycles. The van der Waals surface area contributed by atoms with E-state index in [1.54, 1.807) is 7.11 Å². The Labute approximate surface area is 181 Å². The lowest BCUT2D eigenvalue weighted by atomic mass is 9.96. The molecule has 1 heterocycles. The summed E-state index contributed by atoms with van der Waals surface area (Å²) >= 11 is 0. The summed E-state index contributed by atoms with van der Waals surface area (Å²) in [4.78, 5) is 15.6. The molecule has 1 saturated carbocycles. The van der Waals surface area contributed by atoms with Crippen LogP contribution < -0.4 is 10.6 Å². The molecule has 4 rings (SSSR count). The highest BCUT2D eigenvalue weighted by atomic mass is 16.5. The Hall–Kier alpha value is -1.43. The van der Waals surface area contributed by atoms with E-state index in [0.29, 0.717) is 31.3 Å². The molecular formula is C25H39N3O2. The highest BCUT2D eigenvalue weighted by molar-refractivity contribution is 5.82. The number of hydrogen-bond donors (Lipinski definition) is 2. The van der Waals surface area contributed by atoms with E-state index in [2.05, 4.69) is 39.8 Å². The van der Waals surface area contributed by atoms with Gasteiger partial charge in [0.15, 0.2) is 0 Å². The molecule has 30 heavy (non-hydrogen) atoms. The molecule has 0 bridgehead atoms. The van der Waals surface area contributed by atoms with Gasteiger partial charge in [-0.05, 0) is 43.2 Å². The zero-order valence-electron chi connectivity index (χ0n) is 18.6. The first-order valence-corrected chi connectivity index (χ1v) is 12.1. The molecule has 1 amide bonds. The van der Waals surface area contributed by atoms with Gasteiger partial charge in [0.1, 0.15) is 0 Å². The molecule has 5 heteroatoms. The fourth-order valence-electron chi connectivity index (χ4n) is 5.76. The Kier molecular flexibility index (Phi) is 7.80. The van der Waals surface area contributed by atoms with Crippen molar-refractivity contribution in [3.05, 3.63) is 35.4 Å². The normalized spacial score (nSPS) is 26.3. The van der Waals surface area contributed by atoms with Crippen molar-refractivity contribution in [1.29, 1.82) is 0 Å². The smallest absolute Gasteiger partial charge is 0.237 e. The molecule has 3 aliphatic rings. The van der Waals surface area contributed by atoms with E-state index in [0.717, 1.165) is 25.8 Å². The Balaban J connectivity index is 1.41. The molecule has 166 valence electrons. The maximum atomic E-state index is 13.1. The molecule has 0 aromatic heterocycles. The zero-order valence-corrected chi connectivity index (χ0v) is 18.6. The van der Waals surface area contributed by atoms with Crippen LogP contribution in [0.1, 0.15) is 62.5 Å². The standard InChI is InChI=1S/C25H39N3O2/c1-30-14-13-26-25(29)24-17-22(27-21-11-5-3-2-4-6-12-21)18-28(24)23-15-19-9-7-8-10-20(19)16-23/h7-10,21-24,27H,2-6,11-18H2,1H3,(H,26,29)/t22-,24+/m1/s1. The Morgan fingerprint density at radius 3 is 2.37 bits per heavy atom. The number of carbonyl (C=O) groups is 1. The van der Waals surface area contributed by atoms with Crippen molar-refractivity contribution in [3.8, 4) is 0 Å². The number of fused-ring (bicyclic) bond motifs is 1. The molecule has 0 spiro atoms. The third kappa shape index (κ3) is 5.43. The van der Waals surface area contributed by atoms with Gasteiger partial charge in [0.05, 0.1) is 12.6 Å². The SMILES string of the molecule is COCCNC(=O)[C@@H]1C[C@@H](NC2CCCCCCC2)CN1C1Cc2ccccc2C1. The van der Waals surface area contributed by atoms with E-state index >= 15 is 0 Å². The van der Waals surface area contributed by atoms with E-state index in [1.807, 2.05) is 0 Å². The fraction of sp³-hybridized carbons (Fsp3) is 0.720. The molecule has 2 N–H and O–H groups in total. The number of ether oxygens (including phenoxy) is 1. The lowest BCUT2D eigenvalue weighted by Crippen LogP contribution is -2.48. The highest BCUT2D eigenvalue weighted by Crippen LogP contribution is 2.31. The maximum absolute atomic E-state index is 13.1. The summed E-state index contributed by atoms with van der Waals surface area (Å²) in [5.41, 5.74) is 2.91. The van der Waals surface area contributed by atoms with E-state index < -0.39 is 0 Å². The van der Waals surface area contributed by atoms with Gasteiger partial charge in [-0.15, -0.1) is 0 Å². The van der Waals surface area contributed by atoms with Gasteiger partial charge in [0, 0.05) is 38.3 Å². The summed E-state index contributed by atoms with van der Waals surface area (Å²) in [7, 11) is 1.68. The monoisotopic (exact) mass is 413 g/mol. The van der Waals surface area contributed by atoms with E-state index in [1.165, 1.54) is 56.1 Å². The van der Waals surface area contributed by atoms with Crippen LogP contribution in [0, 0.1) is 0 Å². The van der Waals surface area contributed by atoms with Crippen molar-refractivity contribution in [2.75, 3.05) is 26.8 Å². The summed E-state index contributed by atoms with van der Waals surface area (Å²) in [6, 6.07) is 10.2. The number of rotatable bonds is 7. The zero-order chi connectivity index (χ0) is 20.8. The Bertz CT molecular complexity index is 662. The predicted octanol–water partition coefficient (Wildman–Crippen LogP) is 3.06. The summed E-state index contributed by atoms with van der Waals surface area (Å²) in [5.74, 6) is 0.171. The van der Waals surface area contributed by atoms with Crippen LogP contribution in [0.3, 0.4) is 0 Å². The molecule has 2 fully saturated rings. The summed E-state index contributed by atoms with van der Waals surface area (Å²) < 4.78 is 5.13. The van der Waals surface area contributed by atoms with E-state index in [9.17, 15) is 4.79 Å². The number of hydrogen-bond acceptors (Lipinski definition) is 4. The van der Waals surface area contributed by atoms with Crippen LogP contribution in [0.2, 0.25) is 0 Å². The van der Waals surface area contributed by atoms with Gasteiger partial charge in [0.25, 0.3) is 0 Å². The second-order valence-corrected chi connectivity index (χ2v) is 9.47. The van der Waals surface area contributed by atoms with Crippen LogP contribution in [0.4, 0.5) is 0 Å². The second kappa shape index (κ2) is 10.7. The third-order valence-corrected chi connectivity index (χ3v) is 7.32. The van der Waals surface area contributed by atoms with Gasteiger partial charge < -0.3 is 15.4 Å². The lowest BCUT2D eigenvalue weighted by molar-refractivity contribution is -0.126. The van der Waals surface area contributed by atoms with Crippen molar-refractivity contribution in [1.82, 2.24) is 15.5 Å². The van der Waals surface area contributed by atoms with Gasteiger partial charge in [0.2, 0.25) is 5.91 Å². The van der Waals surface area contributed by atoms with Crippen molar-refractivity contribution < 1.29 is 9.53 Å². The Morgan fingerprint density at radius 2 is 1.70 bits per heavy atom. The van der Waals surface area contributed by atoms with Gasteiger partial charge >= 0.3 is 0 Å². The molecule has 0 radical (unpaired) electrons. The molecule has 2 aliphatic carbocycles. The van der Waals surface area contributed by atoms with Crippen LogP contribution in [-0.4, -0.2) is 61.8 Å². The number of carbonyl (C=O) groups excluding carboxylic acids is 1. The topological polar surface area (TPSA) is 53.6 Å². The average Bonchev–Trinajstić information content (AvgIpc) is 3.34. The average molecular weight is 414 g/mol. The number of nitrogens with zero attached hydrogens (tertiary/aromatic N) is 1. The summed E-state index contributed by atoms with van der Waals surface area (Å²) in [5, 5.41) is 7.08. The molecule has 2 atom stereocenters. The van der Waals surface area contributed by atoms with Crippen LogP contribution >= 0.6 is 0 Å². The number of likely N-dealkylation sites (tertiary alicyclic amines) is 1. The van der Waals surface area contributed by atoms with Crippen molar-refractivity contribution in [2.24, 2.45) is 0 Å². The number of benzene rings is 1. The number of methoxy groups -OCH3 is 1. The first-order chi connectivity index (χ1) is 14.7. The summed E-state index contributed by atoms with van der Waals surface area (Å²) in [6.07, 6.45) is 12.5.